The number of anilines is 1. The van der Waals surface area contributed by atoms with E-state index < -0.39 is 0 Å². The molecule has 0 aliphatic heterocycles. The lowest BCUT2D eigenvalue weighted by atomic mass is 10.2. The van der Waals surface area contributed by atoms with Gasteiger partial charge in [-0.15, -0.1) is 0 Å². The van der Waals surface area contributed by atoms with Gasteiger partial charge in [-0.1, -0.05) is 13.8 Å². The molecule has 2 rings (SSSR count). The van der Waals surface area contributed by atoms with Crippen LogP contribution in [0.3, 0.4) is 0 Å². The highest BCUT2D eigenvalue weighted by Gasteiger charge is 2.09. The van der Waals surface area contributed by atoms with E-state index in [0.717, 1.165) is 29.6 Å². The largest absolute Gasteiger partial charge is 0.497 e. The van der Waals surface area contributed by atoms with Gasteiger partial charge in [-0.2, -0.15) is 5.10 Å². The summed E-state index contributed by atoms with van der Waals surface area (Å²) in [4.78, 5) is 4.30. The second kappa shape index (κ2) is 6.97. The average molecular weight is 290 g/mol. The normalized spacial score (nSPS) is 10.7. The van der Waals surface area contributed by atoms with Gasteiger partial charge in [-0.25, -0.2) is 9.67 Å². The van der Waals surface area contributed by atoms with E-state index in [-0.39, 0.29) is 0 Å². The third-order valence-corrected chi connectivity index (χ3v) is 3.08. The Morgan fingerprint density at radius 2 is 2.05 bits per heavy atom. The van der Waals surface area contributed by atoms with Crippen molar-refractivity contribution in [2.24, 2.45) is 5.92 Å². The summed E-state index contributed by atoms with van der Waals surface area (Å²) < 4.78 is 12.5. The molecule has 0 spiro atoms. The molecule has 6 nitrogen and oxygen atoms in total. The fraction of sp³-hybridized carbons (Fsp3) is 0.467. The molecule has 1 aromatic heterocycles. The minimum absolute atomic E-state index is 0.525. The summed E-state index contributed by atoms with van der Waals surface area (Å²) in [5, 5.41) is 7.58. The van der Waals surface area contributed by atoms with Crippen molar-refractivity contribution in [3.05, 3.63) is 30.4 Å². The third-order valence-electron chi connectivity index (χ3n) is 3.08. The summed E-state index contributed by atoms with van der Waals surface area (Å²) in [7, 11) is 3.29. The molecule has 1 N–H and O–H groups in total. The van der Waals surface area contributed by atoms with Crippen LogP contribution in [0.5, 0.6) is 11.5 Å². The van der Waals surface area contributed by atoms with Crippen LogP contribution in [0, 0.1) is 5.92 Å². The zero-order valence-corrected chi connectivity index (χ0v) is 13.0. The van der Waals surface area contributed by atoms with Crippen molar-refractivity contribution < 1.29 is 9.47 Å². The number of hydrogen-bond acceptors (Lipinski definition) is 5. The van der Waals surface area contributed by atoms with Crippen LogP contribution in [0.4, 0.5) is 5.69 Å². The van der Waals surface area contributed by atoms with Gasteiger partial charge in [0.1, 0.15) is 23.7 Å². The van der Waals surface area contributed by atoms with Crippen molar-refractivity contribution in [3.63, 3.8) is 0 Å². The van der Waals surface area contributed by atoms with Gasteiger partial charge in [-0.3, -0.25) is 0 Å². The van der Waals surface area contributed by atoms with Gasteiger partial charge >= 0.3 is 0 Å². The molecule has 0 amide bonds. The standard InChI is InChI=1S/C15H22N4O2/c1-11(2)9-19-15(17-10-18-19)8-16-13-7-12(20-3)5-6-14(13)21-4/h5-7,10-11,16H,8-9H2,1-4H3. The molecule has 0 unspecified atom stereocenters. The van der Waals surface area contributed by atoms with Crippen LogP contribution in [-0.2, 0) is 13.1 Å². The zero-order chi connectivity index (χ0) is 15.2. The van der Waals surface area contributed by atoms with Crippen LogP contribution in [0.25, 0.3) is 0 Å². The smallest absolute Gasteiger partial charge is 0.146 e. The summed E-state index contributed by atoms with van der Waals surface area (Å²) in [6.45, 7) is 5.75. The summed E-state index contributed by atoms with van der Waals surface area (Å²) in [5.74, 6) is 2.97. The van der Waals surface area contributed by atoms with Crippen molar-refractivity contribution >= 4 is 5.69 Å². The predicted octanol–water partition coefficient (Wildman–Crippen LogP) is 2.56. The number of hydrogen-bond donors (Lipinski definition) is 1. The van der Waals surface area contributed by atoms with Gasteiger partial charge in [0.15, 0.2) is 0 Å². The summed E-state index contributed by atoms with van der Waals surface area (Å²) in [5.41, 5.74) is 0.871. The van der Waals surface area contributed by atoms with Crippen LogP contribution < -0.4 is 14.8 Å². The molecule has 0 fully saturated rings. The number of rotatable bonds is 7. The first kappa shape index (κ1) is 15.2. The Balaban J connectivity index is 2.11. The maximum atomic E-state index is 5.35. The van der Waals surface area contributed by atoms with E-state index in [9.17, 15) is 0 Å². The molecule has 0 atom stereocenters. The third kappa shape index (κ3) is 3.87. The Bertz CT molecular complexity index is 581. The maximum absolute atomic E-state index is 5.35. The van der Waals surface area contributed by atoms with Crippen molar-refractivity contribution in [3.8, 4) is 11.5 Å². The van der Waals surface area contributed by atoms with Gasteiger partial charge in [0, 0.05) is 12.6 Å². The zero-order valence-electron chi connectivity index (χ0n) is 13.0. The topological polar surface area (TPSA) is 61.2 Å². The average Bonchev–Trinajstić information content (AvgIpc) is 2.91. The predicted molar refractivity (Wildman–Crippen MR) is 81.7 cm³/mol. The van der Waals surface area contributed by atoms with Gasteiger partial charge in [0.25, 0.3) is 0 Å². The highest BCUT2D eigenvalue weighted by molar-refractivity contribution is 5.59. The Labute approximate surface area is 125 Å². The Morgan fingerprint density at radius 3 is 2.71 bits per heavy atom. The Hall–Kier alpha value is -2.24. The Morgan fingerprint density at radius 1 is 1.24 bits per heavy atom. The first-order chi connectivity index (χ1) is 10.1. The van der Waals surface area contributed by atoms with E-state index in [2.05, 4.69) is 29.2 Å². The van der Waals surface area contributed by atoms with Gasteiger partial charge < -0.3 is 14.8 Å². The van der Waals surface area contributed by atoms with Crippen molar-refractivity contribution in [1.29, 1.82) is 0 Å². The van der Waals surface area contributed by atoms with E-state index in [0.29, 0.717) is 12.5 Å². The molecule has 0 saturated carbocycles. The number of benzene rings is 1. The van der Waals surface area contributed by atoms with Gasteiger partial charge in [0.2, 0.25) is 0 Å². The van der Waals surface area contributed by atoms with Crippen LogP contribution in [0.1, 0.15) is 19.7 Å². The van der Waals surface area contributed by atoms with Gasteiger partial charge in [0.05, 0.1) is 26.5 Å². The van der Waals surface area contributed by atoms with E-state index in [1.165, 1.54) is 0 Å². The second-order valence-corrected chi connectivity index (χ2v) is 5.17. The quantitative estimate of drug-likeness (QED) is 0.849. The van der Waals surface area contributed by atoms with Crippen molar-refractivity contribution in [1.82, 2.24) is 14.8 Å². The number of methoxy groups -OCH3 is 2. The molecule has 114 valence electrons. The number of aromatic nitrogens is 3. The minimum atomic E-state index is 0.525. The lowest BCUT2D eigenvalue weighted by molar-refractivity contribution is 0.404. The molecule has 1 heterocycles. The lowest BCUT2D eigenvalue weighted by Gasteiger charge is -2.13. The molecule has 0 bridgehead atoms. The summed E-state index contributed by atoms with van der Waals surface area (Å²) in [6, 6.07) is 5.65. The molecule has 0 radical (unpaired) electrons. The van der Waals surface area contributed by atoms with Crippen LogP contribution in [-0.4, -0.2) is 29.0 Å². The molecule has 6 heteroatoms. The monoisotopic (exact) mass is 290 g/mol. The second-order valence-electron chi connectivity index (χ2n) is 5.17. The van der Waals surface area contributed by atoms with Crippen LogP contribution in [0.2, 0.25) is 0 Å². The minimum Gasteiger partial charge on any atom is -0.497 e. The first-order valence-corrected chi connectivity index (χ1v) is 6.96. The number of nitrogens with zero attached hydrogens (tertiary/aromatic N) is 3. The van der Waals surface area contributed by atoms with Crippen molar-refractivity contribution in [2.45, 2.75) is 26.9 Å². The highest BCUT2D eigenvalue weighted by atomic mass is 16.5. The molecular weight excluding hydrogens is 268 g/mol. The fourth-order valence-corrected chi connectivity index (χ4v) is 2.05. The van der Waals surface area contributed by atoms with E-state index >= 15 is 0 Å². The maximum Gasteiger partial charge on any atom is 0.146 e. The molecule has 0 aliphatic rings. The number of nitrogens with one attached hydrogen (secondary N) is 1. The fourth-order valence-electron chi connectivity index (χ4n) is 2.05. The SMILES string of the molecule is COc1ccc(OC)c(NCc2ncnn2CC(C)C)c1. The molecule has 0 saturated heterocycles. The molecule has 1 aromatic carbocycles. The van der Waals surface area contributed by atoms with Crippen molar-refractivity contribution in [2.75, 3.05) is 19.5 Å². The first-order valence-electron chi connectivity index (χ1n) is 6.96. The van der Waals surface area contributed by atoms with Crippen LogP contribution >= 0.6 is 0 Å². The molecule has 21 heavy (non-hydrogen) atoms. The van der Waals surface area contributed by atoms with E-state index in [1.54, 1.807) is 20.5 Å². The highest BCUT2D eigenvalue weighted by Crippen LogP contribution is 2.29. The molecule has 2 aromatic rings. The van der Waals surface area contributed by atoms with E-state index in [4.69, 9.17) is 9.47 Å². The Kier molecular flexibility index (Phi) is 5.03. The summed E-state index contributed by atoms with van der Waals surface area (Å²) >= 11 is 0. The van der Waals surface area contributed by atoms with E-state index in [1.807, 2.05) is 22.9 Å². The lowest BCUT2D eigenvalue weighted by Crippen LogP contribution is -2.13. The summed E-state index contributed by atoms with van der Waals surface area (Å²) in [6.07, 6.45) is 1.59. The number of ether oxygens (including phenoxy) is 2. The molecular formula is C15H22N4O2. The molecule has 0 aliphatic carbocycles. The van der Waals surface area contributed by atoms with Crippen LogP contribution in [0.15, 0.2) is 24.5 Å². The van der Waals surface area contributed by atoms with Gasteiger partial charge in [-0.05, 0) is 18.1 Å².